The molecule has 3 rings (SSSR count). The van der Waals surface area contributed by atoms with E-state index < -0.39 is 0 Å². The SMILES string of the molecule is COc1ccc(CCCN=C(N)NC2CCOc3ccccc32)cc1OC.I. The number of nitrogens with zero attached hydrogens (tertiary/aromatic N) is 1. The molecule has 3 N–H and O–H groups in total. The Kier molecular flexibility index (Phi) is 8.69. The Morgan fingerprint density at radius 3 is 2.75 bits per heavy atom. The van der Waals surface area contributed by atoms with E-state index in [4.69, 9.17) is 19.9 Å². The number of aryl methyl sites for hydroxylation is 1. The second kappa shape index (κ2) is 11.0. The zero-order chi connectivity index (χ0) is 19.1. The molecule has 0 aromatic heterocycles. The summed E-state index contributed by atoms with van der Waals surface area (Å²) in [6, 6.07) is 14.2. The molecule has 152 valence electrons. The molecule has 1 unspecified atom stereocenters. The lowest BCUT2D eigenvalue weighted by Crippen LogP contribution is -2.37. The fourth-order valence-electron chi connectivity index (χ4n) is 3.23. The van der Waals surface area contributed by atoms with Crippen LogP contribution in [0.25, 0.3) is 0 Å². The van der Waals surface area contributed by atoms with Crippen LogP contribution >= 0.6 is 24.0 Å². The summed E-state index contributed by atoms with van der Waals surface area (Å²) < 4.78 is 16.3. The summed E-state index contributed by atoms with van der Waals surface area (Å²) in [7, 11) is 3.28. The van der Waals surface area contributed by atoms with Crippen LogP contribution in [0.3, 0.4) is 0 Å². The first-order valence-electron chi connectivity index (χ1n) is 9.20. The van der Waals surface area contributed by atoms with E-state index >= 15 is 0 Å². The fourth-order valence-corrected chi connectivity index (χ4v) is 3.23. The smallest absolute Gasteiger partial charge is 0.189 e. The Morgan fingerprint density at radius 1 is 1.18 bits per heavy atom. The van der Waals surface area contributed by atoms with Crippen molar-refractivity contribution in [2.45, 2.75) is 25.3 Å². The lowest BCUT2D eigenvalue weighted by Gasteiger charge is -2.26. The summed E-state index contributed by atoms with van der Waals surface area (Å²) in [4.78, 5) is 4.47. The minimum absolute atomic E-state index is 0. The zero-order valence-corrected chi connectivity index (χ0v) is 18.6. The van der Waals surface area contributed by atoms with Gasteiger partial charge in [0.25, 0.3) is 0 Å². The van der Waals surface area contributed by atoms with E-state index in [0.29, 0.717) is 19.1 Å². The van der Waals surface area contributed by atoms with Crippen molar-refractivity contribution in [2.24, 2.45) is 10.7 Å². The molecule has 6 nitrogen and oxygen atoms in total. The molecule has 0 saturated carbocycles. The van der Waals surface area contributed by atoms with E-state index in [1.807, 2.05) is 36.4 Å². The van der Waals surface area contributed by atoms with E-state index in [1.54, 1.807) is 14.2 Å². The van der Waals surface area contributed by atoms with Crippen molar-refractivity contribution < 1.29 is 14.2 Å². The highest BCUT2D eigenvalue weighted by Gasteiger charge is 2.21. The van der Waals surface area contributed by atoms with E-state index in [-0.39, 0.29) is 30.0 Å². The van der Waals surface area contributed by atoms with Gasteiger partial charge in [-0.3, -0.25) is 4.99 Å². The molecule has 1 atom stereocenters. The minimum atomic E-state index is 0. The Balaban J connectivity index is 0.00000280. The third-order valence-electron chi connectivity index (χ3n) is 4.63. The maximum atomic E-state index is 6.09. The molecule has 0 amide bonds. The Bertz CT molecular complexity index is 798. The van der Waals surface area contributed by atoms with Crippen molar-refractivity contribution in [2.75, 3.05) is 27.4 Å². The Labute approximate surface area is 183 Å². The topological polar surface area (TPSA) is 78.1 Å². The second-order valence-electron chi connectivity index (χ2n) is 6.43. The van der Waals surface area contributed by atoms with E-state index in [1.165, 1.54) is 5.56 Å². The molecule has 0 saturated heterocycles. The van der Waals surface area contributed by atoms with Gasteiger partial charge in [0, 0.05) is 18.5 Å². The summed E-state index contributed by atoms with van der Waals surface area (Å²) in [6.45, 7) is 1.35. The van der Waals surface area contributed by atoms with Gasteiger partial charge in [-0.05, 0) is 36.6 Å². The molecule has 2 aromatic rings. The van der Waals surface area contributed by atoms with Crippen molar-refractivity contribution >= 4 is 29.9 Å². The molecule has 0 fully saturated rings. The Hall–Kier alpha value is -2.16. The number of aliphatic imine (C=N–C) groups is 1. The van der Waals surface area contributed by atoms with Gasteiger partial charge in [0.2, 0.25) is 0 Å². The molecule has 2 aromatic carbocycles. The fraction of sp³-hybridized carbons (Fsp3) is 0.381. The Morgan fingerprint density at radius 2 is 1.96 bits per heavy atom. The number of hydrogen-bond donors (Lipinski definition) is 2. The normalized spacial score (nSPS) is 15.6. The van der Waals surface area contributed by atoms with Crippen LogP contribution in [0.15, 0.2) is 47.5 Å². The van der Waals surface area contributed by atoms with Crippen LogP contribution in [0.1, 0.15) is 30.0 Å². The predicted molar refractivity (Wildman–Crippen MR) is 122 cm³/mol. The lowest BCUT2D eigenvalue weighted by atomic mass is 10.0. The second-order valence-corrected chi connectivity index (χ2v) is 6.43. The molecule has 0 spiro atoms. The lowest BCUT2D eigenvalue weighted by molar-refractivity contribution is 0.262. The van der Waals surface area contributed by atoms with Crippen LogP contribution in [0.2, 0.25) is 0 Å². The van der Waals surface area contributed by atoms with Crippen molar-refractivity contribution in [3.8, 4) is 17.2 Å². The number of ether oxygens (including phenoxy) is 3. The molecule has 0 aliphatic carbocycles. The van der Waals surface area contributed by atoms with Crippen LogP contribution in [0, 0.1) is 0 Å². The third-order valence-corrected chi connectivity index (χ3v) is 4.63. The number of benzene rings is 2. The number of para-hydroxylation sites is 1. The van der Waals surface area contributed by atoms with Gasteiger partial charge in [0.05, 0.1) is 26.9 Å². The molecule has 1 heterocycles. The van der Waals surface area contributed by atoms with Crippen molar-refractivity contribution in [1.29, 1.82) is 0 Å². The van der Waals surface area contributed by atoms with Crippen LogP contribution in [0.5, 0.6) is 17.2 Å². The number of methoxy groups -OCH3 is 2. The number of fused-ring (bicyclic) bond motifs is 1. The number of nitrogens with one attached hydrogen (secondary N) is 1. The van der Waals surface area contributed by atoms with E-state index in [0.717, 1.165) is 42.1 Å². The van der Waals surface area contributed by atoms with Crippen LogP contribution in [-0.2, 0) is 6.42 Å². The monoisotopic (exact) mass is 497 g/mol. The van der Waals surface area contributed by atoms with Gasteiger partial charge in [-0.1, -0.05) is 24.3 Å². The van der Waals surface area contributed by atoms with Gasteiger partial charge in [0.1, 0.15) is 5.75 Å². The van der Waals surface area contributed by atoms with Gasteiger partial charge in [-0.25, -0.2) is 0 Å². The van der Waals surface area contributed by atoms with Crippen molar-refractivity contribution in [3.05, 3.63) is 53.6 Å². The molecule has 1 aliphatic heterocycles. The number of halogens is 1. The number of nitrogens with two attached hydrogens (primary N) is 1. The number of rotatable bonds is 7. The van der Waals surface area contributed by atoms with Gasteiger partial charge in [-0.2, -0.15) is 0 Å². The van der Waals surface area contributed by atoms with Gasteiger partial charge in [-0.15, -0.1) is 24.0 Å². The molecule has 0 bridgehead atoms. The maximum absolute atomic E-state index is 6.09. The highest BCUT2D eigenvalue weighted by molar-refractivity contribution is 14.0. The highest BCUT2D eigenvalue weighted by Crippen LogP contribution is 2.31. The average Bonchev–Trinajstić information content (AvgIpc) is 2.71. The summed E-state index contributed by atoms with van der Waals surface area (Å²) in [5.74, 6) is 2.88. The molecular weight excluding hydrogens is 469 g/mol. The van der Waals surface area contributed by atoms with Gasteiger partial charge < -0.3 is 25.3 Å². The van der Waals surface area contributed by atoms with Crippen LogP contribution < -0.4 is 25.3 Å². The summed E-state index contributed by atoms with van der Waals surface area (Å²) in [6.07, 6.45) is 2.68. The zero-order valence-electron chi connectivity index (χ0n) is 16.3. The first kappa shape index (κ1) is 22.1. The molecular formula is C21H28IN3O3. The van der Waals surface area contributed by atoms with Gasteiger partial charge >= 0.3 is 0 Å². The minimum Gasteiger partial charge on any atom is -0.493 e. The third kappa shape index (κ3) is 5.67. The van der Waals surface area contributed by atoms with Gasteiger partial charge in [0.15, 0.2) is 17.5 Å². The molecule has 28 heavy (non-hydrogen) atoms. The highest BCUT2D eigenvalue weighted by atomic mass is 127. The van der Waals surface area contributed by atoms with E-state index in [2.05, 4.69) is 16.4 Å². The average molecular weight is 497 g/mol. The molecule has 7 heteroatoms. The van der Waals surface area contributed by atoms with Crippen molar-refractivity contribution in [1.82, 2.24) is 5.32 Å². The summed E-state index contributed by atoms with van der Waals surface area (Å²) in [5, 5.41) is 3.32. The van der Waals surface area contributed by atoms with E-state index in [9.17, 15) is 0 Å². The number of guanidine groups is 1. The quantitative estimate of drug-likeness (QED) is 0.264. The molecule has 0 radical (unpaired) electrons. The summed E-state index contributed by atoms with van der Waals surface area (Å²) >= 11 is 0. The van der Waals surface area contributed by atoms with Crippen LogP contribution in [-0.4, -0.2) is 33.3 Å². The largest absolute Gasteiger partial charge is 0.493 e. The predicted octanol–water partition coefficient (Wildman–Crippen LogP) is 3.68. The van der Waals surface area contributed by atoms with Crippen LogP contribution in [0.4, 0.5) is 0 Å². The number of hydrogen-bond acceptors (Lipinski definition) is 4. The first-order chi connectivity index (χ1) is 13.2. The molecule has 1 aliphatic rings. The van der Waals surface area contributed by atoms with Crippen molar-refractivity contribution in [3.63, 3.8) is 0 Å². The standard InChI is InChI=1S/C21H27N3O3.HI/c1-25-19-10-9-15(14-20(19)26-2)6-5-12-23-21(22)24-17-11-13-27-18-8-4-3-7-16(17)18;/h3-4,7-10,14,17H,5-6,11-13H2,1-2H3,(H3,22,23,24);1H. The first-order valence-corrected chi connectivity index (χ1v) is 9.20. The summed E-state index contributed by atoms with van der Waals surface area (Å²) in [5.41, 5.74) is 8.41. The maximum Gasteiger partial charge on any atom is 0.189 e.